The van der Waals surface area contributed by atoms with E-state index in [1.165, 1.54) is 18.6 Å². The van der Waals surface area contributed by atoms with Crippen LogP contribution >= 0.6 is 0 Å². The zero-order valence-corrected chi connectivity index (χ0v) is 9.00. The average molecular weight is 229 g/mol. The molecule has 0 unspecified atom stereocenters. The van der Waals surface area contributed by atoms with E-state index in [9.17, 15) is 4.79 Å². The fraction of sp³-hybridized carbons (Fsp3) is 0. The third-order valence-electron chi connectivity index (χ3n) is 2.06. The predicted octanol–water partition coefficient (Wildman–Crippen LogP) is 3.25. The van der Waals surface area contributed by atoms with Crippen molar-refractivity contribution in [1.82, 2.24) is 0 Å². The van der Waals surface area contributed by atoms with E-state index < -0.39 is 0 Å². The first-order valence-corrected chi connectivity index (χ1v) is 5.08. The van der Waals surface area contributed by atoms with Gasteiger partial charge in [-0.1, -0.05) is 18.2 Å². The second-order valence-corrected chi connectivity index (χ2v) is 3.27. The molecular weight excluding hydrogens is 218 g/mol. The van der Waals surface area contributed by atoms with Crippen LogP contribution in [0.4, 0.5) is 5.69 Å². The number of anilines is 1. The summed E-state index contributed by atoms with van der Waals surface area (Å²) in [4.78, 5) is 11.9. The molecule has 1 N–H and O–H groups in total. The van der Waals surface area contributed by atoms with Crippen LogP contribution in [0.1, 0.15) is 10.4 Å². The summed E-state index contributed by atoms with van der Waals surface area (Å²) in [6, 6.07) is 14.0. The molecule has 0 aliphatic rings. The first-order valence-electron chi connectivity index (χ1n) is 5.08. The Morgan fingerprint density at radius 3 is 2.47 bits per heavy atom. The van der Waals surface area contributed by atoms with Crippen LogP contribution in [0.2, 0.25) is 0 Å². The van der Waals surface area contributed by atoms with Crippen molar-refractivity contribution in [3.8, 4) is 0 Å². The van der Waals surface area contributed by atoms with Crippen LogP contribution in [0.3, 0.4) is 0 Å². The fourth-order valence-electron chi connectivity index (χ4n) is 1.27. The molecule has 4 nitrogen and oxygen atoms in total. The molecule has 0 atom stereocenters. The second kappa shape index (κ2) is 5.55. The highest BCUT2D eigenvalue weighted by Crippen LogP contribution is 2.07. The predicted molar refractivity (Wildman–Crippen MR) is 63.0 cm³/mol. The van der Waals surface area contributed by atoms with E-state index in [1.807, 2.05) is 30.3 Å². The van der Waals surface area contributed by atoms with E-state index in [0.29, 0.717) is 5.56 Å². The molecule has 0 fully saturated rings. The van der Waals surface area contributed by atoms with Gasteiger partial charge in [-0.3, -0.25) is 13.9 Å². The Morgan fingerprint density at radius 1 is 0.882 bits per heavy atom. The standard InChI is InChI=1S/C13H11NO3/c15-13(14-12-6-2-1-3-7-12)11-5-4-9-16-17-10-8-11/h1-10H,(H,14,15). The van der Waals surface area contributed by atoms with Gasteiger partial charge in [-0.05, 0) is 30.3 Å². The smallest absolute Gasteiger partial charge is 0.255 e. The van der Waals surface area contributed by atoms with Gasteiger partial charge in [0.2, 0.25) is 0 Å². The zero-order valence-electron chi connectivity index (χ0n) is 9.00. The van der Waals surface area contributed by atoms with Gasteiger partial charge in [0.25, 0.3) is 5.91 Å². The topological polar surface area (TPSA) is 55.4 Å². The summed E-state index contributed by atoms with van der Waals surface area (Å²) in [6.45, 7) is 0. The third kappa shape index (κ3) is 3.24. The summed E-state index contributed by atoms with van der Waals surface area (Å²) in [7, 11) is 0. The van der Waals surface area contributed by atoms with Gasteiger partial charge in [0.1, 0.15) is 12.5 Å². The van der Waals surface area contributed by atoms with Crippen LogP contribution in [-0.2, 0) is 0 Å². The molecular formula is C13H11NO3. The molecule has 0 spiro atoms. The second-order valence-electron chi connectivity index (χ2n) is 3.27. The van der Waals surface area contributed by atoms with Gasteiger partial charge in [-0.15, -0.1) is 0 Å². The van der Waals surface area contributed by atoms with E-state index in [-0.39, 0.29) is 5.91 Å². The van der Waals surface area contributed by atoms with E-state index >= 15 is 0 Å². The SMILES string of the molecule is O=C(Nc1ccccc1)c1cccoocc1. The van der Waals surface area contributed by atoms with E-state index in [0.717, 1.165) is 5.69 Å². The average Bonchev–Trinajstić information content (AvgIpc) is 2.29. The number of benzene rings is 1. The van der Waals surface area contributed by atoms with Gasteiger partial charge < -0.3 is 5.32 Å². The molecule has 0 bridgehead atoms. The fourth-order valence-corrected chi connectivity index (χ4v) is 1.27. The van der Waals surface area contributed by atoms with E-state index in [1.54, 1.807) is 12.1 Å². The summed E-state index contributed by atoms with van der Waals surface area (Å²) in [5, 5.41) is 2.77. The van der Waals surface area contributed by atoms with Crippen molar-refractivity contribution >= 4 is 11.6 Å². The van der Waals surface area contributed by atoms with Crippen LogP contribution in [0, 0.1) is 0 Å². The normalized spacial score (nSPS) is 9.41. The molecule has 0 aliphatic carbocycles. The molecule has 1 amide bonds. The molecule has 4 heteroatoms. The molecule has 1 aromatic carbocycles. The highest BCUT2D eigenvalue weighted by Gasteiger charge is 2.03. The maximum Gasteiger partial charge on any atom is 0.255 e. The number of hydrogen-bond acceptors (Lipinski definition) is 3. The van der Waals surface area contributed by atoms with Crippen LogP contribution < -0.4 is 5.32 Å². The minimum atomic E-state index is -0.206. The summed E-state index contributed by atoms with van der Waals surface area (Å²) in [6.07, 6.45) is 2.65. The third-order valence-corrected chi connectivity index (χ3v) is 2.06. The molecule has 0 radical (unpaired) electrons. The summed E-state index contributed by atoms with van der Waals surface area (Å²) in [5.41, 5.74) is 1.23. The van der Waals surface area contributed by atoms with E-state index in [2.05, 4.69) is 14.5 Å². The summed E-state index contributed by atoms with van der Waals surface area (Å²) < 4.78 is 9.19. The maximum atomic E-state index is 11.9. The van der Waals surface area contributed by atoms with Crippen molar-refractivity contribution in [3.05, 3.63) is 66.6 Å². The monoisotopic (exact) mass is 229 g/mol. The Kier molecular flexibility index (Phi) is 3.60. The van der Waals surface area contributed by atoms with Crippen molar-refractivity contribution in [2.45, 2.75) is 0 Å². The van der Waals surface area contributed by atoms with Crippen LogP contribution in [0.5, 0.6) is 0 Å². The number of hydrogen-bond donors (Lipinski definition) is 1. The molecule has 86 valence electrons. The zero-order chi connectivity index (χ0) is 11.9. The molecule has 0 saturated carbocycles. The van der Waals surface area contributed by atoms with Gasteiger partial charge >= 0.3 is 0 Å². The van der Waals surface area contributed by atoms with Crippen molar-refractivity contribution in [2.75, 3.05) is 5.32 Å². The van der Waals surface area contributed by atoms with Gasteiger partial charge in [-0.25, -0.2) is 0 Å². The molecule has 2 aromatic rings. The van der Waals surface area contributed by atoms with Crippen LogP contribution in [0.15, 0.2) is 70.2 Å². The summed E-state index contributed by atoms with van der Waals surface area (Å²) >= 11 is 0. The van der Waals surface area contributed by atoms with Crippen molar-refractivity contribution in [3.63, 3.8) is 0 Å². The minimum Gasteiger partial charge on any atom is -0.322 e. The van der Waals surface area contributed by atoms with Gasteiger partial charge in [0.15, 0.2) is 0 Å². The molecule has 0 aliphatic heterocycles. The van der Waals surface area contributed by atoms with Gasteiger partial charge in [0, 0.05) is 11.3 Å². The lowest BCUT2D eigenvalue weighted by Crippen LogP contribution is -2.10. The lowest BCUT2D eigenvalue weighted by atomic mass is 10.2. The van der Waals surface area contributed by atoms with Gasteiger partial charge in [0.05, 0.1) is 0 Å². The highest BCUT2D eigenvalue weighted by molar-refractivity contribution is 6.04. The molecule has 1 aromatic heterocycles. The first kappa shape index (κ1) is 11.0. The Hall–Kier alpha value is -2.49. The Balaban J connectivity index is 2.18. The largest absolute Gasteiger partial charge is 0.322 e. The highest BCUT2D eigenvalue weighted by atomic mass is 17.0. The van der Waals surface area contributed by atoms with Crippen molar-refractivity contribution in [2.24, 2.45) is 0 Å². The number of rotatable bonds is 2. The van der Waals surface area contributed by atoms with Crippen LogP contribution in [-0.4, -0.2) is 5.91 Å². The lowest BCUT2D eigenvalue weighted by molar-refractivity contribution is 0.0476. The number of carbonyl (C=O) groups is 1. The molecule has 1 heterocycles. The Bertz CT molecular complexity index is 507. The van der Waals surface area contributed by atoms with Crippen LogP contribution in [0.25, 0.3) is 0 Å². The summed E-state index contributed by atoms with van der Waals surface area (Å²) in [5.74, 6) is -0.206. The molecule has 0 saturated heterocycles. The van der Waals surface area contributed by atoms with Crippen molar-refractivity contribution in [1.29, 1.82) is 0 Å². The quantitative estimate of drug-likeness (QED) is 0.804. The number of amides is 1. The van der Waals surface area contributed by atoms with Gasteiger partial charge in [-0.2, -0.15) is 0 Å². The number of nitrogens with one attached hydrogen (secondary N) is 1. The Labute approximate surface area is 98.1 Å². The minimum absolute atomic E-state index is 0.206. The number of para-hydroxylation sites is 1. The molecule has 2 rings (SSSR count). The first-order chi connectivity index (χ1) is 8.36. The number of carbonyl (C=O) groups excluding carboxylic acids is 1. The van der Waals surface area contributed by atoms with E-state index in [4.69, 9.17) is 0 Å². The lowest BCUT2D eigenvalue weighted by Gasteiger charge is -2.03. The maximum absolute atomic E-state index is 11.9. The van der Waals surface area contributed by atoms with Crippen molar-refractivity contribution < 1.29 is 13.9 Å². The molecule has 17 heavy (non-hydrogen) atoms. The Morgan fingerprint density at radius 2 is 1.65 bits per heavy atom.